The van der Waals surface area contributed by atoms with E-state index in [-0.39, 0.29) is 0 Å². The van der Waals surface area contributed by atoms with E-state index in [1.807, 2.05) is 31.3 Å². The smallest absolute Gasteiger partial charge is 0.122 e. The van der Waals surface area contributed by atoms with Crippen molar-refractivity contribution < 1.29 is 4.74 Å². The molecule has 19 heavy (non-hydrogen) atoms. The Morgan fingerprint density at radius 1 is 1.21 bits per heavy atom. The van der Waals surface area contributed by atoms with Crippen LogP contribution in [0.25, 0.3) is 0 Å². The molecule has 2 rings (SSSR count). The summed E-state index contributed by atoms with van der Waals surface area (Å²) in [5, 5.41) is 3.36. The Kier molecular flexibility index (Phi) is 4.47. The molecule has 0 saturated heterocycles. The van der Waals surface area contributed by atoms with E-state index >= 15 is 0 Å². The second kappa shape index (κ2) is 6.29. The Morgan fingerprint density at radius 2 is 2.05 bits per heavy atom. The molecule has 1 N–H and O–H groups in total. The first-order valence-corrected chi connectivity index (χ1v) is 6.32. The van der Waals surface area contributed by atoms with E-state index < -0.39 is 0 Å². The van der Waals surface area contributed by atoms with E-state index in [2.05, 4.69) is 28.3 Å². The van der Waals surface area contributed by atoms with Crippen LogP contribution in [0.15, 0.2) is 30.5 Å². The summed E-state index contributed by atoms with van der Waals surface area (Å²) < 4.78 is 5.24. The standard InChI is InChI=1S/C15H19N3O/c1-11-5-4-6-17-15(11)10-16-9-13-8-14(19-3)7-12(2)18-13/h4-8,16H,9-10H2,1-3H3. The van der Waals surface area contributed by atoms with Gasteiger partial charge in [-0.2, -0.15) is 0 Å². The average Bonchev–Trinajstić information content (AvgIpc) is 2.40. The fourth-order valence-corrected chi connectivity index (χ4v) is 1.92. The average molecular weight is 257 g/mol. The van der Waals surface area contributed by atoms with Gasteiger partial charge in [-0.05, 0) is 25.5 Å². The lowest BCUT2D eigenvalue weighted by Crippen LogP contribution is -2.15. The molecule has 0 amide bonds. The summed E-state index contributed by atoms with van der Waals surface area (Å²) in [5.74, 6) is 0.846. The minimum absolute atomic E-state index is 0.702. The van der Waals surface area contributed by atoms with Crippen molar-refractivity contribution in [2.24, 2.45) is 0 Å². The summed E-state index contributed by atoms with van der Waals surface area (Å²) in [7, 11) is 1.67. The lowest BCUT2D eigenvalue weighted by molar-refractivity contribution is 0.412. The van der Waals surface area contributed by atoms with Crippen molar-refractivity contribution >= 4 is 0 Å². The summed E-state index contributed by atoms with van der Waals surface area (Å²) in [4.78, 5) is 8.83. The van der Waals surface area contributed by atoms with Gasteiger partial charge in [0.15, 0.2) is 0 Å². The Morgan fingerprint density at radius 3 is 2.79 bits per heavy atom. The lowest BCUT2D eigenvalue weighted by Gasteiger charge is -2.08. The van der Waals surface area contributed by atoms with Gasteiger partial charge in [-0.3, -0.25) is 9.97 Å². The van der Waals surface area contributed by atoms with Crippen LogP contribution < -0.4 is 10.1 Å². The van der Waals surface area contributed by atoms with E-state index in [1.54, 1.807) is 7.11 Å². The first kappa shape index (κ1) is 13.5. The van der Waals surface area contributed by atoms with Gasteiger partial charge < -0.3 is 10.1 Å². The Bertz CT molecular complexity index is 555. The number of nitrogens with one attached hydrogen (secondary N) is 1. The molecular formula is C15H19N3O. The van der Waals surface area contributed by atoms with Crippen molar-refractivity contribution in [3.8, 4) is 5.75 Å². The predicted molar refractivity (Wildman–Crippen MR) is 75.0 cm³/mol. The normalized spacial score (nSPS) is 10.5. The molecular weight excluding hydrogens is 238 g/mol. The fourth-order valence-electron chi connectivity index (χ4n) is 1.92. The molecule has 2 aromatic heterocycles. The zero-order valence-corrected chi connectivity index (χ0v) is 11.6. The summed E-state index contributed by atoms with van der Waals surface area (Å²) >= 11 is 0. The van der Waals surface area contributed by atoms with E-state index in [4.69, 9.17) is 4.74 Å². The minimum Gasteiger partial charge on any atom is -0.497 e. The Hall–Kier alpha value is -1.94. The van der Waals surface area contributed by atoms with Crippen LogP contribution >= 0.6 is 0 Å². The molecule has 2 heterocycles. The third-order valence-corrected chi connectivity index (χ3v) is 2.93. The van der Waals surface area contributed by atoms with Gasteiger partial charge in [0.2, 0.25) is 0 Å². The molecule has 0 spiro atoms. The molecule has 100 valence electrons. The van der Waals surface area contributed by atoms with Crippen molar-refractivity contribution in [3.05, 3.63) is 53.1 Å². The Balaban J connectivity index is 1.96. The van der Waals surface area contributed by atoms with Crippen LogP contribution in [0.4, 0.5) is 0 Å². The van der Waals surface area contributed by atoms with E-state index in [0.717, 1.165) is 29.4 Å². The molecule has 0 aliphatic heterocycles. The van der Waals surface area contributed by atoms with Crippen LogP contribution in [0.3, 0.4) is 0 Å². The maximum absolute atomic E-state index is 5.24. The molecule has 0 aromatic carbocycles. The van der Waals surface area contributed by atoms with Gasteiger partial charge in [0.1, 0.15) is 5.75 Å². The SMILES string of the molecule is COc1cc(C)nc(CNCc2ncccc2C)c1. The molecule has 2 aromatic rings. The zero-order chi connectivity index (χ0) is 13.7. The first-order valence-electron chi connectivity index (χ1n) is 6.32. The summed E-state index contributed by atoms with van der Waals surface area (Å²) in [6, 6.07) is 7.89. The monoisotopic (exact) mass is 257 g/mol. The summed E-state index contributed by atoms with van der Waals surface area (Å²) in [6.45, 7) is 5.48. The topological polar surface area (TPSA) is 47.0 Å². The molecule has 4 heteroatoms. The molecule has 0 unspecified atom stereocenters. The quantitative estimate of drug-likeness (QED) is 0.893. The number of hydrogen-bond donors (Lipinski definition) is 1. The van der Waals surface area contributed by atoms with Gasteiger partial charge in [-0.1, -0.05) is 6.07 Å². The van der Waals surface area contributed by atoms with Crippen LogP contribution in [0, 0.1) is 13.8 Å². The largest absolute Gasteiger partial charge is 0.497 e. The highest BCUT2D eigenvalue weighted by Crippen LogP contribution is 2.13. The highest BCUT2D eigenvalue weighted by Gasteiger charge is 2.02. The molecule has 0 aliphatic carbocycles. The van der Waals surface area contributed by atoms with Gasteiger partial charge >= 0.3 is 0 Å². The van der Waals surface area contributed by atoms with Crippen LogP contribution in [0.1, 0.15) is 22.6 Å². The third-order valence-electron chi connectivity index (χ3n) is 2.93. The summed E-state index contributed by atoms with van der Waals surface area (Å²) in [6.07, 6.45) is 1.82. The molecule has 0 fully saturated rings. The van der Waals surface area contributed by atoms with Gasteiger partial charge in [0, 0.05) is 37.1 Å². The zero-order valence-electron chi connectivity index (χ0n) is 11.6. The van der Waals surface area contributed by atoms with Crippen molar-refractivity contribution in [1.29, 1.82) is 0 Å². The minimum atomic E-state index is 0.702. The molecule has 4 nitrogen and oxygen atoms in total. The highest BCUT2D eigenvalue weighted by atomic mass is 16.5. The number of aryl methyl sites for hydroxylation is 2. The molecule has 0 atom stereocenters. The summed E-state index contributed by atoms with van der Waals surface area (Å²) in [5.41, 5.74) is 4.21. The van der Waals surface area contributed by atoms with E-state index in [9.17, 15) is 0 Å². The van der Waals surface area contributed by atoms with Gasteiger partial charge in [-0.15, -0.1) is 0 Å². The predicted octanol–water partition coefficient (Wildman–Crippen LogP) is 2.39. The maximum atomic E-state index is 5.24. The molecule has 0 saturated carbocycles. The fraction of sp³-hybridized carbons (Fsp3) is 0.333. The maximum Gasteiger partial charge on any atom is 0.122 e. The number of hydrogen-bond acceptors (Lipinski definition) is 4. The van der Waals surface area contributed by atoms with Crippen LogP contribution in [-0.4, -0.2) is 17.1 Å². The van der Waals surface area contributed by atoms with Crippen LogP contribution in [-0.2, 0) is 13.1 Å². The molecule has 0 aliphatic rings. The Labute approximate surface area is 113 Å². The number of pyridine rings is 2. The van der Waals surface area contributed by atoms with E-state index in [1.165, 1.54) is 5.56 Å². The van der Waals surface area contributed by atoms with Crippen molar-refractivity contribution in [2.75, 3.05) is 7.11 Å². The van der Waals surface area contributed by atoms with Crippen molar-refractivity contribution in [3.63, 3.8) is 0 Å². The van der Waals surface area contributed by atoms with Crippen LogP contribution in [0.2, 0.25) is 0 Å². The van der Waals surface area contributed by atoms with Gasteiger partial charge in [0.05, 0.1) is 18.5 Å². The first-order chi connectivity index (χ1) is 9.19. The number of rotatable bonds is 5. The number of ether oxygens (including phenoxy) is 1. The van der Waals surface area contributed by atoms with Gasteiger partial charge in [0.25, 0.3) is 0 Å². The van der Waals surface area contributed by atoms with Crippen molar-refractivity contribution in [1.82, 2.24) is 15.3 Å². The number of methoxy groups -OCH3 is 1. The molecule has 0 radical (unpaired) electrons. The van der Waals surface area contributed by atoms with Crippen molar-refractivity contribution in [2.45, 2.75) is 26.9 Å². The van der Waals surface area contributed by atoms with Crippen LogP contribution in [0.5, 0.6) is 5.75 Å². The lowest BCUT2D eigenvalue weighted by atomic mass is 10.2. The van der Waals surface area contributed by atoms with E-state index in [0.29, 0.717) is 6.54 Å². The van der Waals surface area contributed by atoms with Gasteiger partial charge in [-0.25, -0.2) is 0 Å². The second-order valence-corrected chi connectivity index (χ2v) is 4.51. The third kappa shape index (κ3) is 3.76. The second-order valence-electron chi connectivity index (χ2n) is 4.51. The molecule has 0 bridgehead atoms. The number of aromatic nitrogens is 2. The highest BCUT2D eigenvalue weighted by molar-refractivity contribution is 5.26. The number of nitrogens with zero attached hydrogens (tertiary/aromatic N) is 2.